The fourth-order valence-corrected chi connectivity index (χ4v) is 2.05. The zero-order valence-corrected chi connectivity index (χ0v) is 13.9. The lowest BCUT2D eigenvalue weighted by molar-refractivity contribution is -0.123. The van der Waals surface area contributed by atoms with Crippen molar-refractivity contribution in [2.45, 2.75) is 6.42 Å². The minimum absolute atomic E-state index is 0.206. The number of amides is 4. The molecule has 4 amide bonds. The lowest BCUT2D eigenvalue weighted by Crippen LogP contribution is -2.22. The molecule has 0 aliphatic rings. The molecule has 0 aliphatic carbocycles. The number of carbonyl (C=O) groups is 4. The topological polar surface area (TPSA) is 160 Å². The van der Waals surface area contributed by atoms with Gasteiger partial charge < -0.3 is 21.1 Å². The minimum Gasteiger partial charge on any atom is -0.411 e. The lowest BCUT2D eigenvalue weighted by atomic mass is 10.2. The van der Waals surface area contributed by atoms with E-state index >= 15 is 0 Å². The summed E-state index contributed by atoms with van der Waals surface area (Å²) in [5.74, 6) is -1.57. The molecule has 0 fully saturated rings. The van der Waals surface area contributed by atoms with E-state index in [0.29, 0.717) is 11.4 Å². The Labute approximate surface area is 153 Å². The van der Waals surface area contributed by atoms with Gasteiger partial charge in [-0.05, 0) is 48.5 Å². The number of ether oxygens (including phenoxy) is 1. The molecule has 0 unspecified atom stereocenters. The summed E-state index contributed by atoms with van der Waals surface area (Å²) in [5, 5.41) is 13.6. The number of nitrogens with two attached hydrogens (primary N) is 1. The highest BCUT2D eigenvalue weighted by Gasteiger charge is 2.11. The van der Waals surface area contributed by atoms with Gasteiger partial charge in [-0.1, -0.05) is 0 Å². The van der Waals surface area contributed by atoms with Gasteiger partial charge in [0.05, 0.1) is 0 Å². The summed E-state index contributed by atoms with van der Waals surface area (Å²) in [6, 6.07) is 11.6. The lowest BCUT2D eigenvalue weighted by Gasteiger charge is -2.08. The van der Waals surface area contributed by atoms with Crippen LogP contribution >= 0.6 is 0 Å². The second kappa shape index (κ2) is 8.97. The molecule has 0 saturated heterocycles. The molecule has 0 aliphatic heterocycles. The Morgan fingerprint density at radius 2 is 1.33 bits per heavy atom. The number of hydrogen-bond acceptors (Lipinski definition) is 6. The van der Waals surface area contributed by atoms with Gasteiger partial charge in [-0.25, -0.2) is 10.3 Å². The molecule has 0 aromatic heterocycles. The van der Waals surface area contributed by atoms with E-state index < -0.39 is 30.2 Å². The molecule has 10 heteroatoms. The van der Waals surface area contributed by atoms with Crippen LogP contribution in [0.5, 0.6) is 5.75 Å². The van der Waals surface area contributed by atoms with Crippen LogP contribution in [0.3, 0.4) is 0 Å². The normalized spacial score (nSPS) is 9.81. The van der Waals surface area contributed by atoms with E-state index in [4.69, 9.17) is 10.9 Å². The number of carbonyl (C=O) groups excluding carboxylic acids is 4. The van der Waals surface area contributed by atoms with E-state index in [2.05, 4.69) is 15.4 Å². The van der Waals surface area contributed by atoms with Crippen LogP contribution in [0.4, 0.5) is 16.2 Å². The summed E-state index contributed by atoms with van der Waals surface area (Å²) in [5.41, 5.74) is 7.38. The molecule has 2 aromatic rings. The standard InChI is InChI=1S/C17H16N4O6/c18-17(25)27-13-7-5-12(6-8-13)20-15(23)9-14(22)19-11-3-1-10(2-4-11)16(24)21-26/h1-8,26H,9H2,(H2,18,25)(H,19,22)(H,20,23)(H,21,24). The van der Waals surface area contributed by atoms with Crippen molar-refractivity contribution in [3.63, 3.8) is 0 Å². The maximum absolute atomic E-state index is 11.9. The number of nitrogens with one attached hydrogen (secondary N) is 3. The van der Waals surface area contributed by atoms with Crippen molar-refractivity contribution in [2.24, 2.45) is 5.73 Å². The number of rotatable bonds is 6. The van der Waals surface area contributed by atoms with Crippen molar-refractivity contribution in [3.8, 4) is 5.75 Å². The molecule has 10 nitrogen and oxygen atoms in total. The van der Waals surface area contributed by atoms with Crippen LogP contribution < -0.4 is 26.6 Å². The monoisotopic (exact) mass is 372 g/mol. The van der Waals surface area contributed by atoms with Gasteiger partial charge in [-0.3, -0.25) is 19.6 Å². The van der Waals surface area contributed by atoms with Crippen molar-refractivity contribution in [1.29, 1.82) is 0 Å². The fraction of sp³-hybridized carbons (Fsp3) is 0.0588. The van der Waals surface area contributed by atoms with E-state index in [0.717, 1.165) is 0 Å². The molecule has 0 radical (unpaired) electrons. The van der Waals surface area contributed by atoms with Crippen molar-refractivity contribution >= 4 is 35.2 Å². The van der Waals surface area contributed by atoms with Crippen molar-refractivity contribution in [3.05, 3.63) is 54.1 Å². The average molecular weight is 372 g/mol. The Hall–Kier alpha value is -3.92. The second-order valence-corrected chi connectivity index (χ2v) is 5.24. The smallest absolute Gasteiger partial charge is 0.409 e. The maximum Gasteiger partial charge on any atom is 0.409 e. The van der Waals surface area contributed by atoms with Gasteiger partial charge in [0.2, 0.25) is 11.8 Å². The summed E-state index contributed by atoms with van der Waals surface area (Å²) in [7, 11) is 0. The highest BCUT2D eigenvalue weighted by molar-refractivity contribution is 6.08. The van der Waals surface area contributed by atoms with Gasteiger partial charge in [0, 0.05) is 16.9 Å². The molecule has 0 saturated carbocycles. The Kier molecular flexibility index (Phi) is 6.44. The zero-order chi connectivity index (χ0) is 19.8. The number of hydroxylamine groups is 1. The summed E-state index contributed by atoms with van der Waals surface area (Å²) >= 11 is 0. The molecule has 2 rings (SSSR count). The third-order valence-electron chi connectivity index (χ3n) is 3.21. The van der Waals surface area contributed by atoms with Crippen molar-refractivity contribution < 1.29 is 29.1 Å². The summed E-state index contributed by atoms with van der Waals surface area (Å²) in [6.45, 7) is 0. The first-order chi connectivity index (χ1) is 12.9. The Morgan fingerprint density at radius 1 is 0.852 bits per heavy atom. The largest absolute Gasteiger partial charge is 0.411 e. The van der Waals surface area contributed by atoms with Crippen LogP contribution in [0.2, 0.25) is 0 Å². The minimum atomic E-state index is -0.950. The SMILES string of the molecule is NC(=O)Oc1ccc(NC(=O)CC(=O)Nc2ccc(C(=O)NO)cc2)cc1. The molecular formula is C17H16N4O6. The second-order valence-electron chi connectivity index (χ2n) is 5.24. The summed E-state index contributed by atoms with van der Waals surface area (Å²) in [6.07, 6.45) is -1.38. The van der Waals surface area contributed by atoms with Crippen LogP contribution in [0.1, 0.15) is 16.8 Å². The van der Waals surface area contributed by atoms with Crippen molar-refractivity contribution in [1.82, 2.24) is 5.48 Å². The fourth-order valence-electron chi connectivity index (χ4n) is 2.05. The van der Waals surface area contributed by atoms with Crippen LogP contribution in [0.15, 0.2) is 48.5 Å². The Morgan fingerprint density at radius 3 is 1.78 bits per heavy atom. The first kappa shape index (κ1) is 19.4. The van der Waals surface area contributed by atoms with Crippen LogP contribution in [0.25, 0.3) is 0 Å². The van der Waals surface area contributed by atoms with Gasteiger partial charge in [-0.15, -0.1) is 0 Å². The van der Waals surface area contributed by atoms with E-state index in [1.807, 2.05) is 0 Å². The summed E-state index contributed by atoms with van der Waals surface area (Å²) in [4.78, 5) is 45.6. The van der Waals surface area contributed by atoms with E-state index in [1.165, 1.54) is 54.0 Å². The molecule has 6 N–H and O–H groups in total. The van der Waals surface area contributed by atoms with Gasteiger partial charge in [0.15, 0.2) is 0 Å². The molecule has 0 heterocycles. The van der Waals surface area contributed by atoms with Crippen LogP contribution in [-0.4, -0.2) is 29.0 Å². The molecule has 140 valence electrons. The molecular weight excluding hydrogens is 356 g/mol. The Balaban J connectivity index is 1.85. The Bertz CT molecular complexity index is 849. The maximum atomic E-state index is 11.9. The van der Waals surface area contributed by atoms with Gasteiger partial charge in [0.25, 0.3) is 5.91 Å². The van der Waals surface area contributed by atoms with Gasteiger partial charge >= 0.3 is 6.09 Å². The third kappa shape index (κ3) is 6.14. The molecule has 0 atom stereocenters. The average Bonchev–Trinajstić information content (AvgIpc) is 2.62. The molecule has 2 aromatic carbocycles. The number of anilines is 2. The number of benzene rings is 2. The number of primary amides is 1. The number of hydrogen-bond donors (Lipinski definition) is 5. The quantitative estimate of drug-likeness (QED) is 0.291. The molecule has 0 bridgehead atoms. The first-order valence-corrected chi connectivity index (χ1v) is 7.59. The molecule has 0 spiro atoms. The summed E-state index contributed by atoms with van der Waals surface area (Å²) < 4.78 is 4.66. The predicted octanol–water partition coefficient (Wildman–Crippen LogP) is 1.23. The van der Waals surface area contributed by atoms with E-state index in [-0.39, 0.29) is 11.3 Å². The van der Waals surface area contributed by atoms with E-state index in [1.54, 1.807) is 0 Å². The third-order valence-corrected chi connectivity index (χ3v) is 3.21. The zero-order valence-electron chi connectivity index (χ0n) is 13.9. The van der Waals surface area contributed by atoms with Gasteiger partial charge in [0.1, 0.15) is 12.2 Å². The molecule has 27 heavy (non-hydrogen) atoms. The predicted molar refractivity (Wildman–Crippen MR) is 94.2 cm³/mol. The highest BCUT2D eigenvalue weighted by Crippen LogP contribution is 2.16. The van der Waals surface area contributed by atoms with E-state index in [9.17, 15) is 19.2 Å². The first-order valence-electron chi connectivity index (χ1n) is 7.59. The van der Waals surface area contributed by atoms with Crippen LogP contribution in [0, 0.1) is 0 Å². The van der Waals surface area contributed by atoms with Crippen LogP contribution in [-0.2, 0) is 9.59 Å². The van der Waals surface area contributed by atoms with Gasteiger partial charge in [-0.2, -0.15) is 0 Å². The highest BCUT2D eigenvalue weighted by atomic mass is 16.5. The van der Waals surface area contributed by atoms with Crippen molar-refractivity contribution in [2.75, 3.05) is 10.6 Å².